The molecule has 4 rings (SSSR count). The molecule has 0 bridgehead atoms. The average Bonchev–Trinajstić information content (AvgIpc) is 3.23. The molecule has 0 aromatic carbocycles. The predicted octanol–water partition coefficient (Wildman–Crippen LogP) is 3.24. The van der Waals surface area contributed by atoms with Crippen molar-refractivity contribution >= 4 is 17.1 Å². The monoisotopic (exact) mass is 307 g/mol. The zero-order chi connectivity index (χ0) is 15.8. The Kier molecular flexibility index (Phi) is 2.90. The number of hydrogen-bond acceptors (Lipinski definition) is 6. The third-order valence-corrected chi connectivity index (χ3v) is 3.39. The van der Waals surface area contributed by atoms with E-state index in [2.05, 4.69) is 15.1 Å². The van der Waals surface area contributed by atoms with Gasteiger partial charge in [-0.15, -0.1) is 0 Å². The largest absolute Gasteiger partial charge is 0.478 e. The Labute approximate surface area is 129 Å². The number of carboxylic acids is 1. The molecule has 0 aliphatic carbocycles. The van der Waals surface area contributed by atoms with Crippen LogP contribution in [0.3, 0.4) is 0 Å². The SMILES string of the molecule is O=C(O)c1cc(-c2cccnc2)nc2onc(-c3ccco3)c12. The Morgan fingerprint density at radius 1 is 1.22 bits per heavy atom. The molecule has 4 aromatic rings. The van der Waals surface area contributed by atoms with Gasteiger partial charge >= 0.3 is 5.97 Å². The third kappa shape index (κ3) is 2.15. The van der Waals surface area contributed by atoms with Crippen molar-refractivity contribution in [1.29, 1.82) is 0 Å². The molecule has 0 radical (unpaired) electrons. The Morgan fingerprint density at radius 2 is 2.13 bits per heavy atom. The number of pyridine rings is 2. The van der Waals surface area contributed by atoms with Gasteiger partial charge in [0.05, 0.1) is 22.9 Å². The molecule has 0 amide bonds. The van der Waals surface area contributed by atoms with Gasteiger partial charge in [-0.1, -0.05) is 5.16 Å². The molecule has 7 heteroatoms. The molecule has 0 saturated heterocycles. The molecule has 4 aromatic heterocycles. The van der Waals surface area contributed by atoms with Crippen LogP contribution in [-0.4, -0.2) is 26.2 Å². The van der Waals surface area contributed by atoms with Gasteiger partial charge < -0.3 is 14.0 Å². The normalized spacial score (nSPS) is 11.0. The molecule has 4 heterocycles. The number of fused-ring (bicyclic) bond motifs is 1. The van der Waals surface area contributed by atoms with Crippen molar-refractivity contribution in [3.8, 4) is 22.7 Å². The van der Waals surface area contributed by atoms with Crippen LogP contribution in [0.5, 0.6) is 0 Å². The Morgan fingerprint density at radius 3 is 2.83 bits per heavy atom. The second-order valence-electron chi connectivity index (χ2n) is 4.79. The average molecular weight is 307 g/mol. The lowest BCUT2D eigenvalue weighted by molar-refractivity contribution is 0.0699. The number of rotatable bonds is 3. The van der Waals surface area contributed by atoms with Gasteiger partial charge in [0.1, 0.15) is 0 Å². The summed E-state index contributed by atoms with van der Waals surface area (Å²) >= 11 is 0. The minimum absolute atomic E-state index is 0.0431. The first kappa shape index (κ1) is 13.2. The highest BCUT2D eigenvalue weighted by Gasteiger charge is 2.22. The van der Waals surface area contributed by atoms with E-state index in [4.69, 9.17) is 8.94 Å². The smallest absolute Gasteiger partial charge is 0.336 e. The van der Waals surface area contributed by atoms with Crippen molar-refractivity contribution in [2.24, 2.45) is 0 Å². The molecule has 112 valence electrons. The van der Waals surface area contributed by atoms with E-state index in [0.717, 1.165) is 0 Å². The van der Waals surface area contributed by atoms with E-state index in [1.54, 1.807) is 36.7 Å². The number of aromatic carboxylic acids is 1. The number of hydrogen-bond donors (Lipinski definition) is 1. The first-order valence-electron chi connectivity index (χ1n) is 6.72. The number of aromatic nitrogens is 3. The molecule has 0 fully saturated rings. The van der Waals surface area contributed by atoms with Crippen molar-refractivity contribution in [3.63, 3.8) is 0 Å². The Balaban J connectivity index is 2.01. The predicted molar refractivity (Wildman–Crippen MR) is 79.7 cm³/mol. The standard InChI is InChI=1S/C16H9N3O4/c20-16(21)10-7-11(9-3-1-5-17-8-9)18-15-13(10)14(19-23-15)12-4-2-6-22-12/h1-8H,(H,20,21). The van der Waals surface area contributed by atoms with Crippen molar-refractivity contribution in [2.45, 2.75) is 0 Å². The van der Waals surface area contributed by atoms with Crippen molar-refractivity contribution in [3.05, 3.63) is 54.6 Å². The summed E-state index contributed by atoms with van der Waals surface area (Å²) in [6, 6.07) is 8.38. The summed E-state index contributed by atoms with van der Waals surface area (Å²) in [5.41, 5.74) is 1.63. The van der Waals surface area contributed by atoms with Gasteiger partial charge in [-0.05, 0) is 30.3 Å². The number of furan rings is 1. The van der Waals surface area contributed by atoms with Gasteiger partial charge in [0.2, 0.25) is 0 Å². The van der Waals surface area contributed by atoms with E-state index < -0.39 is 5.97 Å². The van der Waals surface area contributed by atoms with Gasteiger partial charge in [0, 0.05) is 18.0 Å². The maximum atomic E-state index is 11.7. The van der Waals surface area contributed by atoms with Crippen LogP contribution < -0.4 is 0 Å². The summed E-state index contributed by atoms with van der Waals surface area (Å²) in [4.78, 5) is 20.0. The second-order valence-corrected chi connectivity index (χ2v) is 4.79. The van der Waals surface area contributed by atoms with Crippen molar-refractivity contribution in [1.82, 2.24) is 15.1 Å². The van der Waals surface area contributed by atoms with Crippen LogP contribution in [0.4, 0.5) is 0 Å². The van der Waals surface area contributed by atoms with Crippen LogP contribution in [0.15, 0.2) is 57.9 Å². The van der Waals surface area contributed by atoms with E-state index in [-0.39, 0.29) is 11.3 Å². The van der Waals surface area contributed by atoms with E-state index >= 15 is 0 Å². The molecular formula is C16H9N3O4. The molecule has 0 saturated carbocycles. The fourth-order valence-electron chi connectivity index (χ4n) is 2.36. The molecular weight excluding hydrogens is 298 g/mol. The first-order valence-corrected chi connectivity index (χ1v) is 6.72. The van der Waals surface area contributed by atoms with Gasteiger partial charge in [-0.2, -0.15) is 0 Å². The van der Waals surface area contributed by atoms with Gasteiger partial charge in [0.15, 0.2) is 11.5 Å². The van der Waals surface area contributed by atoms with Crippen LogP contribution in [0.2, 0.25) is 0 Å². The van der Waals surface area contributed by atoms with E-state index in [0.29, 0.717) is 28.1 Å². The summed E-state index contributed by atoms with van der Waals surface area (Å²) in [7, 11) is 0. The highest BCUT2D eigenvalue weighted by molar-refractivity contribution is 6.07. The summed E-state index contributed by atoms with van der Waals surface area (Å²) in [6.07, 6.45) is 4.71. The molecule has 23 heavy (non-hydrogen) atoms. The van der Waals surface area contributed by atoms with Gasteiger partial charge in [-0.3, -0.25) is 4.98 Å². The lowest BCUT2D eigenvalue weighted by Crippen LogP contribution is -2.00. The third-order valence-electron chi connectivity index (χ3n) is 3.39. The number of nitrogens with zero attached hydrogens (tertiary/aromatic N) is 3. The molecule has 0 aliphatic heterocycles. The topological polar surface area (TPSA) is 102 Å². The number of carbonyl (C=O) groups is 1. The minimum atomic E-state index is -1.10. The van der Waals surface area contributed by atoms with E-state index in [9.17, 15) is 9.90 Å². The van der Waals surface area contributed by atoms with Crippen molar-refractivity contribution < 1.29 is 18.8 Å². The lowest BCUT2D eigenvalue weighted by Gasteiger charge is -2.03. The Bertz CT molecular complexity index is 991. The number of carboxylic acid groups (broad SMARTS) is 1. The fourth-order valence-corrected chi connectivity index (χ4v) is 2.36. The van der Waals surface area contributed by atoms with Crippen LogP contribution in [0.1, 0.15) is 10.4 Å². The maximum Gasteiger partial charge on any atom is 0.336 e. The highest BCUT2D eigenvalue weighted by Crippen LogP contribution is 2.32. The quantitative estimate of drug-likeness (QED) is 0.619. The maximum absolute atomic E-state index is 11.7. The molecule has 1 N–H and O–H groups in total. The van der Waals surface area contributed by atoms with Gasteiger partial charge in [0.25, 0.3) is 5.71 Å². The first-order chi connectivity index (χ1) is 11.2. The van der Waals surface area contributed by atoms with Crippen molar-refractivity contribution in [2.75, 3.05) is 0 Å². The highest BCUT2D eigenvalue weighted by atomic mass is 16.5. The van der Waals surface area contributed by atoms with Gasteiger partial charge in [-0.25, -0.2) is 9.78 Å². The zero-order valence-electron chi connectivity index (χ0n) is 11.6. The summed E-state index contributed by atoms with van der Waals surface area (Å²) in [5.74, 6) is -0.680. The summed E-state index contributed by atoms with van der Waals surface area (Å²) in [6.45, 7) is 0. The fraction of sp³-hybridized carbons (Fsp3) is 0. The van der Waals surface area contributed by atoms with Crippen LogP contribution in [0.25, 0.3) is 33.8 Å². The zero-order valence-corrected chi connectivity index (χ0v) is 11.6. The molecule has 0 spiro atoms. The summed E-state index contributed by atoms with van der Waals surface area (Å²) in [5, 5.41) is 13.8. The molecule has 0 unspecified atom stereocenters. The minimum Gasteiger partial charge on any atom is -0.478 e. The Hall–Kier alpha value is -3.48. The molecule has 7 nitrogen and oxygen atoms in total. The van der Waals surface area contributed by atoms with E-state index in [1.165, 1.54) is 12.3 Å². The lowest BCUT2D eigenvalue weighted by atomic mass is 10.1. The van der Waals surface area contributed by atoms with Crippen LogP contribution >= 0.6 is 0 Å². The second kappa shape index (κ2) is 5.06. The van der Waals surface area contributed by atoms with Crippen LogP contribution in [0, 0.1) is 0 Å². The molecule has 0 aliphatic rings. The molecule has 0 atom stereocenters. The summed E-state index contributed by atoms with van der Waals surface area (Å²) < 4.78 is 10.5. The van der Waals surface area contributed by atoms with Crippen LogP contribution in [-0.2, 0) is 0 Å². The van der Waals surface area contributed by atoms with E-state index in [1.807, 2.05) is 0 Å².